The van der Waals surface area contributed by atoms with Crippen molar-refractivity contribution in [1.29, 1.82) is 0 Å². The molecule has 0 aliphatic heterocycles. The lowest BCUT2D eigenvalue weighted by Crippen LogP contribution is -2.32. The molecule has 100 valence electrons. The van der Waals surface area contributed by atoms with E-state index in [1.54, 1.807) is 32.9 Å². The highest BCUT2D eigenvalue weighted by molar-refractivity contribution is 5.74. The van der Waals surface area contributed by atoms with Gasteiger partial charge in [0.15, 0.2) is 0 Å². The highest BCUT2D eigenvalue weighted by atomic mass is 16.6. The van der Waals surface area contributed by atoms with Crippen molar-refractivity contribution in [2.45, 2.75) is 26.4 Å². The number of nitrogens with zero attached hydrogens (tertiary/aromatic N) is 1. The van der Waals surface area contributed by atoms with Crippen LogP contribution in [0, 0.1) is 11.8 Å². The molecule has 5 nitrogen and oxygen atoms in total. The fraction of sp³-hybridized carbons (Fsp3) is 0.357. The third kappa shape index (κ3) is 6.22. The predicted molar refractivity (Wildman–Crippen MR) is 70.7 cm³/mol. The third-order valence-corrected chi connectivity index (χ3v) is 1.86. The minimum Gasteiger partial charge on any atom is -0.444 e. The van der Waals surface area contributed by atoms with Gasteiger partial charge in [-0.3, -0.25) is 4.79 Å². The van der Waals surface area contributed by atoms with Crippen molar-refractivity contribution < 1.29 is 14.3 Å². The average molecular weight is 260 g/mol. The van der Waals surface area contributed by atoms with E-state index in [9.17, 15) is 9.59 Å². The number of carbonyl (C=O) groups is 2. The number of pyridine rings is 1. The molecule has 1 amide bonds. The maximum atomic E-state index is 11.3. The van der Waals surface area contributed by atoms with E-state index >= 15 is 0 Å². The van der Waals surface area contributed by atoms with Crippen LogP contribution in [-0.2, 0) is 4.74 Å². The summed E-state index contributed by atoms with van der Waals surface area (Å²) in [5.41, 5.74) is 0.465. The molecule has 0 spiro atoms. The first-order valence-corrected chi connectivity index (χ1v) is 5.78. The van der Waals surface area contributed by atoms with Crippen molar-refractivity contribution in [2.24, 2.45) is 0 Å². The fourth-order valence-electron chi connectivity index (χ4n) is 1.15. The van der Waals surface area contributed by atoms with Gasteiger partial charge in [0.1, 0.15) is 17.6 Å². The van der Waals surface area contributed by atoms with Gasteiger partial charge in [-0.25, -0.2) is 9.78 Å². The third-order valence-electron chi connectivity index (χ3n) is 1.86. The number of rotatable bonds is 2. The molecular formula is C14H16N2O3. The summed E-state index contributed by atoms with van der Waals surface area (Å²) >= 11 is 0. The molecule has 0 bridgehead atoms. The number of nitrogens with one attached hydrogen (secondary N) is 1. The standard InChI is InChI=1S/C14H16N2O3/c1-14(2,3)19-13(18)16-7-4-5-12-9-11(10-17)6-8-15-12/h6,8-10H,7H2,1-3H3,(H,16,18). The lowest BCUT2D eigenvalue weighted by Gasteiger charge is -2.18. The van der Waals surface area contributed by atoms with Gasteiger partial charge in [0.05, 0.1) is 6.54 Å². The first-order valence-electron chi connectivity index (χ1n) is 5.78. The van der Waals surface area contributed by atoms with Gasteiger partial charge in [0.2, 0.25) is 0 Å². The van der Waals surface area contributed by atoms with Gasteiger partial charge in [-0.15, -0.1) is 0 Å². The van der Waals surface area contributed by atoms with Crippen LogP contribution in [-0.4, -0.2) is 29.5 Å². The summed E-state index contributed by atoms with van der Waals surface area (Å²) in [5.74, 6) is 5.48. The molecule has 0 atom stereocenters. The summed E-state index contributed by atoms with van der Waals surface area (Å²) < 4.78 is 5.05. The Morgan fingerprint density at radius 2 is 2.26 bits per heavy atom. The topological polar surface area (TPSA) is 68.3 Å². The number of aldehydes is 1. The van der Waals surface area contributed by atoms with Gasteiger partial charge < -0.3 is 10.1 Å². The SMILES string of the molecule is CC(C)(C)OC(=O)NCC#Cc1cc(C=O)ccn1. The van der Waals surface area contributed by atoms with Crippen molar-refractivity contribution in [3.8, 4) is 11.8 Å². The minimum atomic E-state index is -0.530. The monoisotopic (exact) mass is 260 g/mol. The molecule has 0 unspecified atom stereocenters. The lowest BCUT2D eigenvalue weighted by atomic mass is 10.2. The van der Waals surface area contributed by atoms with Gasteiger partial charge in [-0.1, -0.05) is 5.92 Å². The van der Waals surface area contributed by atoms with Crippen LogP contribution in [0.2, 0.25) is 0 Å². The Morgan fingerprint density at radius 3 is 2.89 bits per heavy atom. The normalized spacial score (nSPS) is 10.1. The Hall–Kier alpha value is -2.35. The van der Waals surface area contributed by atoms with Crippen LogP contribution in [0.3, 0.4) is 0 Å². The van der Waals surface area contributed by atoms with Gasteiger partial charge >= 0.3 is 6.09 Å². The number of amides is 1. The summed E-state index contributed by atoms with van der Waals surface area (Å²) in [6.45, 7) is 5.51. The zero-order chi connectivity index (χ0) is 14.3. The fourth-order valence-corrected chi connectivity index (χ4v) is 1.15. The van der Waals surface area contributed by atoms with E-state index in [0.29, 0.717) is 11.3 Å². The molecule has 1 aromatic rings. The van der Waals surface area contributed by atoms with Crippen LogP contribution < -0.4 is 5.32 Å². The van der Waals surface area contributed by atoms with E-state index in [1.807, 2.05) is 0 Å². The van der Waals surface area contributed by atoms with E-state index in [0.717, 1.165) is 6.29 Å². The molecule has 0 aromatic carbocycles. The quantitative estimate of drug-likeness (QED) is 0.650. The molecule has 1 aromatic heterocycles. The highest BCUT2D eigenvalue weighted by Gasteiger charge is 2.14. The predicted octanol–water partition coefficient (Wildman–Crippen LogP) is 1.77. The Balaban J connectivity index is 2.47. The van der Waals surface area contributed by atoms with Crippen molar-refractivity contribution in [1.82, 2.24) is 10.3 Å². The molecule has 5 heteroatoms. The van der Waals surface area contributed by atoms with Gasteiger partial charge in [0, 0.05) is 11.8 Å². The zero-order valence-corrected chi connectivity index (χ0v) is 11.2. The highest BCUT2D eigenvalue weighted by Crippen LogP contribution is 2.05. The van der Waals surface area contributed by atoms with Crippen LogP contribution in [0.25, 0.3) is 0 Å². The summed E-state index contributed by atoms with van der Waals surface area (Å²) in [6, 6.07) is 3.17. The Bertz CT molecular complexity index is 521. The van der Waals surface area contributed by atoms with E-state index in [-0.39, 0.29) is 6.54 Å². The maximum Gasteiger partial charge on any atom is 0.408 e. The molecule has 1 rings (SSSR count). The number of aromatic nitrogens is 1. The Labute approximate surface area is 112 Å². The van der Waals surface area contributed by atoms with E-state index in [1.165, 1.54) is 6.20 Å². The summed E-state index contributed by atoms with van der Waals surface area (Å²) in [6.07, 6.45) is 1.72. The molecule has 0 fully saturated rings. The molecule has 19 heavy (non-hydrogen) atoms. The van der Waals surface area contributed by atoms with E-state index in [2.05, 4.69) is 22.1 Å². The van der Waals surface area contributed by atoms with Crippen LogP contribution in [0.1, 0.15) is 36.8 Å². The summed E-state index contributed by atoms with van der Waals surface area (Å²) in [4.78, 5) is 25.9. The van der Waals surface area contributed by atoms with Crippen molar-refractivity contribution in [3.05, 3.63) is 29.6 Å². The molecule has 0 aliphatic carbocycles. The maximum absolute atomic E-state index is 11.3. The van der Waals surface area contributed by atoms with Gasteiger partial charge in [0.25, 0.3) is 0 Å². The van der Waals surface area contributed by atoms with Crippen molar-refractivity contribution >= 4 is 12.4 Å². The van der Waals surface area contributed by atoms with Crippen molar-refractivity contribution in [3.63, 3.8) is 0 Å². The second-order valence-corrected chi connectivity index (χ2v) is 4.75. The second-order valence-electron chi connectivity index (χ2n) is 4.75. The van der Waals surface area contributed by atoms with Crippen LogP contribution >= 0.6 is 0 Å². The number of ether oxygens (including phenoxy) is 1. The molecule has 0 saturated carbocycles. The zero-order valence-electron chi connectivity index (χ0n) is 11.2. The first-order chi connectivity index (χ1) is 8.90. The number of hydrogen-bond acceptors (Lipinski definition) is 4. The smallest absolute Gasteiger partial charge is 0.408 e. The summed E-state index contributed by atoms with van der Waals surface area (Å²) in [5, 5.41) is 2.51. The molecular weight excluding hydrogens is 244 g/mol. The number of hydrogen-bond donors (Lipinski definition) is 1. The van der Waals surface area contributed by atoms with Gasteiger partial charge in [-0.05, 0) is 38.8 Å². The van der Waals surface area contributed by atoms with E-state index in [4.69, 9.17) is 4.74 Å². The number of carbonyl (C=O) groups excluding carboxylic acids is 2. The second kappa shape index (κ2) is 6.55. The molecule has 1 N–H and O–H groups in total. The average Bonchev–Trinajstić information content (AvgIpc) is 2.33. The minimum absolute atomic E-state index is 0.155. The largest absolute Gasteiger partial charge is 0.444 e. The Morgan fingerprint density at radius 1 is 1.53 bits per heavy atom. The molecule has 0 radical (unpaired) electrons. The van der Waals surface area contributed by atoms with E-state index < -0.39 is 11.7 Å². The van der Waals surface area contributed by atoms with Crippen LogP contribution in [0.5, 0.6) is 0 Å². The number of alkyl carbamates (subject to hydrolysis) is 1. The van der Waals surface area contributed by atoms with Crippen LogP contribution in [0.15, 0.2) is 18.3 Å². The lowest BCUT2D eigenvalue weighted by molar-refractivity contribution is 0.0535. The summed E-state index contributed by atoms with van der Waals surface area (Å²) in [7, 11) is 0. The van der Waals surface area contributed by atoms with Crippen molar-refractivity contribution in [2.75, 3.05) is 6.54 Å². The Kier molecular flexibility index (Phi) is 5.07. The first kappa shape index (κ1) is 14.7. The molecule has 1 heterocycles. The molecule has 0 aliphatic rings. The molecule has 0 saturated heterocycles. The van der Waals surface area contributed by atoms with Gasteiger partial charge in [-0.2, -0.15) is 0 Å². The van der Waals surface area contributed by atoms with Crippen LogP contribution in [0.4, 0.5) is 4.79 Å².